The van der Waals surface area contributed by atoms with Crippen LogP contribution >= 0.6 is 0 Å². The highest BCUT2D eigenvalue weighted by atomic mass is 16.2. The van der Waals surface area contributed by atoms with Crippen LogP contribution in [0.1, 0.15) is 32.6 Å². The SMILES string of the molecule is CC1CC(=O)N(C2CCNCC2)C(=O)C1. The van der Waals surface area contributed by atoms with Gasteiger partial charge in [0.1, 0.15) is 0 Å². The normalized spacial score (nSPS) is 26.1. The maximum Gasteiger partial charge on any atom is 0.229 e. The number of imide groups is 1. The summed E-state index contributed by atoms with van der Waals surface area (Å²) in [6.45, 7) is 3.80. The van der Waals surface area contributed by atoms with Gasteiger partial charge in [-0.05, 0) is 31.8 Å². The van der Waals surface area contributed by atoms with Gasteiger partial charge in [-0.2, -0.15) is 0 Å². The largest absolute Gasteiger partial charge is 0.317 e. The van der Waals surface area contributed by atoms with Crippen molar-refractivity contribution in [1.82, 2.24) is 10.2 Å². The number of hydrogen-bond donors (Lipinski definition) is 1. The van der Waals surface area contributed by atoms with Crippen LogP contribution in [0.5, 0.6) is 0 Å². The van der Waals surface area contributed by atoms with Crippen molar-refractivity contribution in [1.29, 1.82) is 0 Å². The van der Waals surface area contributed by atoms with Crippen molar-refractivity contribution < 1.29 is 9.59 Å². The molecule has 84 valence electrons. The first-order valence-electron chi connectivity index (χ1n) is 5.74. The summed E-state index contributed by atoms with van der Waals surface area (Å²) in [7, 11) is 0. The second-order valence-electron chi connectivity index (χ2n) is 4.65. The lowest BCUT2D eigenvalue weighted by Crippen LogP contribution is -2.52. The molecule has 0 atom stereocenters. The first kappa shape index (κ1) is 10.6. The molecule has 2 aliphatic rings. The van der Waals surface area contributed by atoms with Crippen molar-refractivity contribution in [3.63, 3.8) is 0 Å². The minimum absolute atomic E-state index is 0.0330. The summed E-state index contributed by atoms with van der Waals surface area (Å²) in [6.07, 6.45) is 2.89. The van der Waals surface area contributed by atoms with Gasteiger partial charge in [0.15, 0.2) is 0 Å². The second-order valence-corrected chi connectivity index (χ2v) is 4.65. The molecule has 2 rings (SSSR count). The summed E-state index contributed by atoms with van der Waals surface area (Å²) in [4.78, 5) is 25.1. The summed E-state index contributed by atoms with van der Waals surface area (Å²) in [5, 5.41) is 3.24. The van der Waals surface area contributed by atoms with Crippen molar-refractivity contribution in [3.8, 4) is 0 Å². The topological polar surface area (TPSA) is 49.4 Å². The number of hydrogen-bond acceptors (Lipinski definition) is 3. The lowest BCUT2D eigenvalue weighted by atomic mass is 9.94. The van der Waals surface area contributed by atoms with E-state index in [0.717, 1.165) is 25.9 Å². The Kier molecular flexibility index (Phi) is 3.05. The average molecular weight is 210 g/mol. The number of carbonyl (C=O) groups excluding carboxylic acids is 2. The molecule has 0 unspecified atom stereocenters. The maximum atomic E-state index is 11.8. The molecule has 2 fully saturated rings. The van der Waals surface area contributed by atoms with E-state index in [1.807, 2.05) is 6.92 Å². The van der Waals surface area contributed by atoms with Gasteiger partial charge < -0.3 is 5.32 Å². The van der Waals surface area contributed by atoms with Gasteiger partial charge in [0.25, 0.3) is 0 Å². The third kappa shape index (κ3) is 2.20. The molecule has 2 heterocycles. The van der Waals surface area contributed by atoms with Crippen molar-refractivity contribution in [3.05, 3.63) is 0 Å². The standard InChI is InChI=1S/C11H18N2O2/c1-8-6-10(14)13(11(15)7-8)9-2-4-12-5-3-9/h8-9,12H,2-7H2,1H3. The highest BCUT2D eigenvalue weighted by Crippen LogP contribution is 2.23. The number of nitrogens with one attached hydrogen (secondary N) is 1. The van der Waals surface area contributed by atoms with Gasteiger partial charge in [-0.15, -0.1) is 0 Å². The molecule has 0 bridgehead atoms. The number of nitrogens with zero attached hydrogens (tertiary/aromatic N) is 1. The lowest BCUT2D eigenvalue weighted by molar-refractivity contribution is -0.153. The molecule has 2 saturated heterocycles. The monoisotopic (exact) mass is 210 g/mol. The molecule has 15 heavy (non-hydrogen) atoms. The number of rotatable bonds is 1. The minimum Gasteiger partial charge on any atom is -0.317 e. The van der Waals surface area contributed by atoms with Gasteiger partial charge in [0, 0.05) is 18.9 Å². The molecule has 0 saturated carbocycles. The third-order valence-corrected chi connectivity index (χ3v) is 3.26. The van der Waals surface area contributed by atoms with Crippen LogP contribution < -0.4 is 5.32 Å². The Labute approximate surface area is 90.0 Å². The zero-order valence-electron chi connectivity index (χ0n) is 9.16. The third-order valence-electron chi connectivity index (χ3n) is 3.26. The van der Waals surface area contributed by atoms with Crippen molar-refractivity contribution in [2.75, 3.05) is 13.1 Å². The Balaban J connectivity index is 2.05. The van der Waals surface area contributed by atoms with E-state index >= 15 is 0 Å². The van der Waals surface area contributed by atoms with Crippen LogP contribution in [-0.2, 0) is 9.59 Å². The van der Waals surface area contributed by atoms with Gasteiger partial charge in [0.05, 0.1) is 0 Å². The molecule has 0 spiro atoms. The molecule has 0 radical (unpaired) electrons. The highest BCUT2D eigenvalue weighted by Gasteiger charge is 2.35. The van der Waals surface area contributed by atoms with Crippen LogP contribution in [0.4, 0.5) is 0 Å². The van der Waals surface area contributed by atoms with E-state index in [1.165, 1.54) is 4.90 Å². The predicted molar refractivity (Wildman–Crippen MR) is 56.1 cm³/mol. The number of piperidine rings is 2. The van der Waals surface area contributed by atoms with Gasteiger partial charge in [0.2, 0.25) is 11.8 Å². The molecular weight excluding hydrogens is 192 g/mol. The Morgan fingerprint density at radius 2 is 1.67 bits per heavy atom. The molecule has 4 heteroatoms. The van der Waals surface area contributed by atoms with Crippen LogP contribution in [0.15, 0.2) is 0 Å². The molecule has 0 aliphatic carbocycles. The number of amides is 2. The molecule has 4 nitrogen and oxygen atoms in total. The van der Waals surface area contributed by atoms with Crippen LogP contribution in [0.2, 0.25) is 0 Å². The van der Waals surface area contributed by atoms with E-state index in [0.29, 0.717) is 12.8 Å². The Bertz CT molecular complexity index is 254. The van der Waals surface area contributed by atoms with Crippen LogP contribution in [0, 0.1) is 5.92 Å². The van der Waals surface area contributed by atoms with Gasteiger partial charge in [-0.25, -0.2) is 0 Å². The summed E-state index contributed by atoms with van der Waals surface area (Å²) < 4.78 is 0. The van der Waals surface area contributed by atoms with Crippen LogP contribution in [0.3, 0.4) is 0 Å². The van der Waals surface area contributed by atoms with E-state index < -0.39 is 0 Å². The van der Waals surface area contributed by atoms with Gasteiger partial charge >= 0.3 is 0 Å². The molecule has 0 aromatic carbocycles. The van der Waals surface area contributed by atoms with Crippen molar-refractivity contribution >= 4 is 11.8 Å². The van der Waals surface area contributed by atoms with Crippen molar-refractivity contribution in [2.45, 2.75) is 38.6 Å². The molecule has 1 N–H and O–H groups in total. The molecule has 0 aromatic rings. The summed E-state index contributed by atoms with van der Waals surface area (Å²) >= 11 is 0. The summed E-state index contributed by atoms with van der Waals surface area (Å²) in [5.74, 6) is 0.291. The maximum absolute atomic E-state index is 11.8. The quantitative estimate of drug-likeness (QED) is 0.642. The Morgan fingerprint density at radius 3 is 2.20 bits per heavy atom. The average Bonchev–Trinajstić information content (AvgIpc) is 2.17. The number of carbonyl (C=O) groups is 2. The molecule has 2 amide bonds. The van der Waals surface area contributed by atoms with E-state index in [4.69, 9.17) is 0 Å². The first-order valence-corrected chi connectivity index (χ1v) is 5.74. The fraction of sp³-hybridized carbons (Fsp3) is 0.818. The summed E-state index contributed by atoms with van der Waals surface area (Å²) in [5.41, 5.74) is 0. The van der Waals surface area contributed by atoms with E-state index in [1.54, 1.807) is 0 Å². The zero-order valence-corrected chi connectivity index (χ0v) is 9.16. The Hall–Kier alpha value is -0.900. The fourth-order valence-electron chi connectivity index (χ4n) is 2.48. The van der Waals surface area contributed by atoms with E-state index in [9.17, 15) is 9.59 Å². The number of likely N-dealkylation sites (tertiary alicyclic amines) is 1. The fourth-order valence-corrected chi connectivity index (χ4v) is 2.48. The zero-order chi connectivity index (χ0) is 10.8. The van der Waals surface area contributed by atoms with Crippen LogP contribution in [0.25, 0.3) is 0 Å². The van der Waals surface area contributed by atoms with Crippen LogP contribution in [-0.4, -0.2) is 35.8 Å². The van der Waals surface area contributed by atoms with E-state index in [-0.39, 0.29) is 23.8 Å². The second kappa shape index (κ2) is 4.31. The highest BCUT2D eigenvalue weighted by molar-refractivity contribution is 5.98. The molecular formula is C11H18N2O2. The van der Waals surface area contributed by atoms with Gasteiger partial charge in [-0.3, -0.25) is 14.5 Å². The smallest absolute Gasteiger partial charge is 0.229 e. The summed E-state index contributed by atoms with van der Waals surface area (Å²) in [6, 6.07) is 0.152. The Morgan fingerprint density at radius 1 is 1.13 bits per heavy atom. The van der Waals surface area contributed by atoms with Crippen molar-refractivity contribution in [2.24, 2.45) is 5.92 Å². The molecule has 2 aliphatic heterocycles. The lowest BCUT2D eigenvalue weighted by Gasteiger charge is -2.36. The first-order chi connectivity index (χ1) is 7.18. The minimum atomic E-state index is 0.0330. The predicted octanol–water partition coefficient (Wildman–Crippen LogP) is 0.524. The molecule has 0 aromatic heterocycles. The van der Waals surface area contributed by atoms with Gasteiger partial charge in [-0.1, -0.05) is 6.92 Å². The van der Waals surface area contributed by atoms with E-state index in [2.05, 4.69) is 5.32 Å².